The smallest absolute Gasteiger partial charge is 0.265 e. The molecule has 6 heteroatoms. The summed E-state index contributed by atoms with van der Waals surface area (Å²) in [5.41, 5.74) is 2.71. The molecule has 0 bridgehead atoms. The molecule has 0 fully saturated rings. The molecule has 2 amide bonds. The maximum Gasteiger partial charge on any atom is 0.265 e. The second-order valence-electron chi connectivity index (χ2n) is 9.02. The summed E-state index contributed by atoms with van der Waals surface area (Å²) in [4.78, 5) is 30.0. The van der Waals surface area contributed by atoms with E-state index in [1.165, 1.54) is 11.3 Å². The SMILES string of the molecule is CC(C)N(Cc1cc(NC(=O)c2cccs2)ccc1N(C)C)C(=O)CC(C)(C)C. The van der Waals surface area contributed by atoms with Crippen molar-refractivity contribution >= 4 is 34.5 Å². The molecule has 29 heavy (non-hydrogen) atoms. The van der Waals surface area contributed by atoms with Crippen LogP contribution in [-0.4, -0.2) is 36.9 Å². The third-order valence-electron chi connectivity index (χ3n) is 4.53. The van der Waals surface area contributed by atoms with Crippen LogP contribution in [0.4, 0.5) is 11.4 Å². The number of rotatable bonds is 7. The van der Waals surface area contributed by atoms with E-state index in [1.807, 2.05) is 67.4 Å². The van der Waals surface area contributed by atoms with Crippen molar-refractivity contribution in [3.63, 3.8) is 0 Å². The van der Waals surface area contributed by atoms with Crippen LogP contribution >= 0.6 is 11.3 Å². The zero-order valence-electron chi connectivity index (χ0n) is 18.6. The van der Waals surface area contributed by atoms with Crippen molar-refractivity contribution in [1.29, 1.82) is 0 Å². The van der Waals surface area contributed by atoms with E-state index in [2.05, 4.69) is 26.1 Å². The van der Waals surface area contributed by atoms with Gasteiger partial charge in [-0.25, -0.2) is 0 Å². The highest BCUT2D eigenvalue weighted by molar-refractivity contribution is 7.12. The van der Waals surface area contributed by atoms with Gasteiger partial charge in [0.1, 0.15) is 0 Å². The monoisotopic (exact) mass is 415 g/mol. The van der Waals surface area contributed by atoms with E-state index < -0.39 is 0 Å². The molecule has 0 saturated carbocycles. The summed E-state index contributed by atoms with van der Waals surface area (Å²) in [5.74, 6) is 0.0262. The van der Waals surface area contributed by atoms with Crippen molar-refractivity contribution in [3.05, 3.63) is 46.2 Å². The largest absolute Gasteiger partial charge is 0.377 e. The van der Waals surface area contributed by atoms with Gasteiger partial charge in [0.05, 0.1) is 4.88 Å². The van der Waals surface area contributed by atoms with E-state index in [4.69, 9.17) is 0 Å². The first-order valence-electron chi connectivity index (χ1n) is 9.92. The average molecular weight is 416 g/mol. The Morgan fingerprint density at radius 3 is 2.34 bits per heavy atom. The fraction of sp³-hybridized carbons (Fsp3) is 0.478. The van der Waals surface area contributed by atoms with Gasteiger partial charge in [-0.1, -0.05) is 26.8 Å². The number of carbonyl (C=O) groups excluding carboxylic acids is 2. The maximum absolute atomic E-state index is 12.9. The molecule has 0 unspecified atom stereocenters. The van der Waals surface area contributed by atoms with Gasteiger partial charge in [0.15, 0.2) is 0 Å². The maximum atomic E-state index is 12.9. The Kier molecular flexibility index (Phi) is 7.47. The molecule has 1 aromatic carbocycles. The Morgan fingerprint density at radius 2 is 1.83 bits per heavy atom. The standard InChI is InChI=1S/C23H33N3O2S/c1-16(2)26(21(27)14-23(3,4)5)15-17-13-18(10-11-19(17)25(6)7)24-22(28)20-9-8-12-29-20/h8-13,16H,14-15H2,1-7H3,(H,24,28). The van der Waals surface area contributed by atoms with Crippen LogP contribution in [0.1, 0.15) is 56.3 Å². The van der Waals surface area contributed by atoms with Gasteiger partial charge in [-0.05, 0) is 54.5 Å². The molecular formula is C23H33N3O2S. The van der Waals surface area contributed by atoms with Gasteiger partial charge in [0, 0.05) is 44.5 Å². The predicted octanol–water partition coefficient (Wildman–Crippen LogP) is 5.24. The Balaban J connectivity index is 2.30. The first-order chi connectivity index (χ1) is 13.5. The number of hydrogen-bond donors (Lipinski definition) is 1. The minimum absolute atomic E-state index is 0.0644. The van der Waals surface area contributed by atoms with Gasteiger partial charge in [-0.2, -0.15) is 0 Å². The van der Waals surface area contributed by atoms with Crippen molar-refractivity contribution in [2.24, 2.45) is 5.41 Å². The summed E-state index contributed by atoms with van der Waals surface area (Å²) < 4.78 is 0. The number of anilines is 2. The van der Waals surface area contributed by atoms with E-state index in [-0.39, 0.29) is 23.3 Å². The molecule has 1 N–H and O–H groups in total. The molecule has 1 aromatic heterocycles. The van der Waals surface area contributed by atoms with Gasteiger partial charge in [0.25, 0.3) is 5.91 Å². The second kappa shape index (κ2) is 9.44. The van der Waals surface area contributed by atoms with Crippen molar-refractivity contribution in [3.8, 4) is 0 Å². The van der Waals surface area contributed by atoms with E-state index >= 15 is 0 Å². The van der Waals surface area contributed by atoms with E-state index in [0.717, 1.165) is 16.9 Å². The van der Waals surface area contributed by atoms with Crippen LogP contribution in [-0.2, 0) is 11.3 Å². The van der Waals surface area contributed by atoms with Crippen LogP contribution in [0.25, 0.3) is 0 Å². The third kappa shape index (κ3) is 6.60. The van der Waals surface area contributed by atoms with Gasteiger partial charge in [-0.15, -0.1) is 11.3 Å². The van der Waals surface area contributed by atoms with Crippen molar-refractivity contribution in [2.45, 2.75) is 53.6 Å². The molecule has 2 aromatic rings. The van der Waals surface area contributed by atoms with Gasteiger partial charge < -0.3 is 15.1 Å². The Morgan fingerprint density at radius 1 is 1.14 bits per heavy atom. The molecule has 0 radical (unpaired) electrons. The van der Waals surface area contributed by atoms with Crippen molar-refractivity contribution in [1.82, 2.24) is 4.90 Å². The number of amides is 2. The van der Waals surface area contributed by atoms with Crippen molar-refractivity contribution < 1.29 is 9.59 Å². The molecule has 1 heterocycles. The molecule has 0 saturated heterocycles. The van der Waals surface area contributed by atoms with Crippen LogP contribution in [0.5, 0.6) is 0 Å². The number of benzene rings is 1. The third-order valence-corrected chi connectivity index (χ3v) is 5.40. The zero-order chi connectivity index (χ0) is 21.8. The van der Waals surface area contributed by atoms with Gasteiger partial charge in [-0.3, -0.25) is 9.59 Å². The number of carbonyl (C=O) groups is 2. The number of hydrogen-bond acceptors (Lipinski definition) is 4. The Labute approximate surface area is 178 Å². The minimum Gasteiger partial charge on any atom is -0.377 e. The Hall–Kier alpha value is -2.34. The lowest BCUT2D eigenvalue weighted by atomic mass is 9.91. The fourth-order valence-corrected chi connectivity index (χ4v) is 3.74. The normalized spacial score (nSPS) is 11.4. The highest BCUT2D eigenvalue weighted by Gasteiger charge is 2.24. The molecule has 0 aliphatic heterocycles. The van der Waals surface area contributed by atoms with E-state index in [0.29, 0.717) is 17.8 Å². The van der Waals surface area contributed by atoms with Crippen LogP contribution in [0, 0.1) is 5.41 Å². The topological polar surface area (TPSA) is 52.7 Å². The minimum atomic E-state index is -0.118. The van der Waals surface area contributed by atoms with Crippen LogP contribution in [0.2, 0.25) is 0 Å². The molecule has 0 spiro atoms. The van der Waals surface area contributed by atoms with Gasteiger partial charge >= 0.3 is 0 Å². The number of thiophene rings is 1. The summed E-state index contributed by atoms with van der Waals surface area (Å²) in [6, 6.07) is 9.62. The van der Waals surface area contributed by atoms with Crippen LogP contribution in [0.15, 0.2) is 35.7 Å². The van der Waals surface area contributed by atoms with Crippen LogP contribution in [0.3, 0.4) is 0 Å². The molecule has 0 atom stereocenters. The number of nitrogens with one attached hydrogen (secondary N) is 1. The first-order valence-corrected chi connectivity index (χ1v) is 10.8. The number of nitrogens with zero attached hydrogens (tertiary/aromatic N) is 2. The van der Waals surface area contributed by atoms with Crippen LogP contribution < -0.4 is 10.2 Å². The summed E-state index contributed by atoms with van der Waals surface area (Å²) >= 11 is 1.41. The average Bonchev–Trinajstić information content (AvgIpc) is 3.12. The molecule has 0 aliphatic carbocycles. The van der Waals surface area contributed by atoms with E-state index in [9.17, 15) is 9.59 Å². The predicted molar refractivity (Wildman–Crippen MR) is 123 cm³/mol. The van der Waals surface area contributed by atoms with Crippen molar-refractivity contribution in [2.75, 3.05) is 24.3 Å². The summed E-state index contributed by atoms with van der Waals surface area (Å²) in [6.07, 6.45) is 0.497. The molecule has 0 aliphatic rings. The highest BCUT2D eigenvalue weighted by atomic mass is 32.1. The van der Waals surface area contributed by atoms with Gasteiger partial charge in [0.2, 0.25) is 5.91 Å². The lowest BCUT2D eigenvalue weighted by molar-refractivity contribution is -0.135. The lowest BCUT2D eigenvalue weighted by Crippen LogP contribution is -2.38. The molecular weight excluding hydrogens is 382 g/mol. The quantitative estimate of drug-likeness (QED) is 0.673. The lowest BCUT2D eigenvalue weighted by Gasteiger charge is -2.31. The zero-order valence-corrected chi connectivity index (χ0v) is 19.4. The molecule has 5 nitrogen and oxygen atoms in total. The Bertz CT molecular complexity index is 836. The first kappa shape index (κ1) is 22.9. The summed E-state index contributed by atoms with van der Waals surface area (Å²) in [6.45, 7) is 10.8. The fourth-order valence-electron chi connectivity index (χ4n) is 3.12. The summed E-state index contributed by atoms with van der Waals surface area (Å²) in [7, 11) is 3.97. The molecule has 158 valence electrons. The van der Waals surface area contributed by atoms with E-state index in [1.54, 1.807) is 6.07 Å². The highest BCUT2D eigenvalue weighted by Crippen LogP contribution is 2.27. The second-order valence-corrected chi connectivity index (χ2v) is 9.97. The molecule has 2 rings (SSSR count). The summed E-state index contributed by atoms with van der Waals surface area (Å²) in [5, 5.41) is 4.86.